The molecule has 2 aromatic rings. The number of rotatable bonds is 6. The van der Waals surface area contributed by atoms with Gasteiger partial charge in [0, 0.05) is 51.3 Å². The fraction of sp³-hybridized carbons (Fsp3) is 0.364. The Morgan fingerprint density at radius 2 is 1.67 bits per heavy atom. The minimum atomic E-state index is -0.260. The van der Waals surface area contributed by atoms with Crippen molar-refractivity contribution in [2.24, 2.45) is 0 Å². The number of amides is 2. The number of benzene rings is 2. The van der Waals surface area contributed by atoms with Gasteiger partial charge in [0.25, 0.3) is 0 Å². The first kappa shape index (κ1) is 20.0. The van der Waals surface area contributed by atoms with Crippen LogP contribution < -0.4 is 19.7 Å². The second kappa shape index (κ2) is 9.02. The first-order valence-electron chi connectivity index (χ1n) is 10.0. The molecular weight excluding hydrogens is 389 g/mol. The van der Waals surface area contributed by atoms with E-state index < -0.39 is 0 Å². The molecule has 0 bridgehead atoms. The van der Waals surface area contributed by atoms with Gasteiger partial charge in [0.15, 0.2) is 11.5 Å². The van der Waals surface area contributed by atoms with Crippen LogP contribution in [0.5, 0.6) is 11.5 Å². The third-order valence-corrected chi connectivity index (χ3v) is 5.32. The number of carbonyl (C=O) groups excluding carboxylic acids is 2. The first-order chi connectivity index (χ1) is 14.6. The van der Waals surface area contributed by atoms with Crippen LogP contribution in [0.1, 0.15) is 18.4 Å². The summed E-state index contributed by atoms with van der Waals surface area (Å²) in [4.78, 5) is 28.5. The van der Waals surface area contributed by atoms with Gasteiger partial charge in [-0.15, -0.1) is 0 Å². The molecule has 4 rings (SSSR count). The lowest BCUT2D eigenvalue weighted by Crippen LogP contribution is -2.48. The molecule has 2 aromatic carbocycles. The van der Waals surface area contributed by atoms with E-state index in [0.717, 1.165) is 11.3 Å². The fourth-order valence-corrected chi connectivity index (χ4v) is 3.58. The minimum Gasteiger partial charge on any atom is -0.454 e. The van der Waals surface area contributed by atoms with Crippen LogP contribution in [-0.4, -0.2) is 49.7 Å². The maximum absolute atomic E-state index is 13.1. The molecule has 1 fully saturated rings. The SMILES string of the molecule is O=C(CCC(=O)N1CCN(c2ccc(F)cc2)CC1)NCc1ccc2c(c1)OCO2. The minimum absolute atomic E-state index is 0.0213. The van der Waals surface area contributed by atoms with Gasteiger partial charge in [-0.1, -0.05) is 6.07 Å². The van der Waals surface area contributed by atoms with E-state index in [1.165, 1.54) is 12.1 Å². The molecule has 2 aliphatic heterocycles. The third kappa shape index (κ3) is 4.82. The van der Waals surface area contributed by atoms with Gasteiger partial charge in [-0.3, -0.25) is 9.59 Å². The summed E-state index contributed by atoms with van der Waals surface area (Å²) < 4.78 is 23.7. The lowest BCUT2D eigenvalue weighted by molar-refractivity contribution is -0.133. The normalized spacial score (nSPS) is 15.2. The van der Waals surface area contributed by atoms with E-state index in [4.69, 9.17) is 9.47 Å². The molecule has 7 nitrogen and oxygen atoms in total. The molecule has 0 aromatic heterocycles. The summed E-state index contributed by atoms with van der Waals surface area (Å²) in [6.45, 7) is 3.15. The summed E-state index contributed by atoms with van der Waals surface area (Å²) in [6.07, 6.45) is 0.338. The van der Waals surface area contributed by atoms with Gasteiger partial charge in [-0.05, 0) is 42.0 Å². The number of piperazine rings is 1. The maximum atomic E-state index is 13.1. The van der Waals surface area contributed by atoms with Crippen LogP contribution in [0.3, 0.4) is 0 Å². The molecule has 0 atom stereocenters. The van der Waals surface area contributed by atoms with Crippen molar-refractivity contribution in [3.63, 3.8) is 0 Å². The lowest BCUT2D eigenvalue weighted by Gasteiger charge is -2.36. The molecule has 30 heavy (non-hydrogen) atoms. The van der Waals surface area contributed by atoms with Crippen molar-refractivity contribution in [2.45, 2.75) is 19.4 Å². The molecule has 2 aliphatic rings. The van der Waals surface area contributed by atoms with Gasteiger partial charge < -0.3 is 24.6 Å². The predicted molar refractivity (Wildman–Crippen MR) is 109 cm³/mol. The van der Waals surface area contributed by atoms with Crippen molar-refractivity contribution in [3.05, 3.63) is 53.8 Å². The highest BCUT2D eigenvalue weighted by molar-refractivity contribution is 5.84. The van der Waals surface area contributed by atoms with Crippen molar-refractivity contribution < 1.29 is 23.5 Å². The highest BCUT2D eigenvalue weighted by Gasteiger charge is 2.22. The topological polar surface area (TPSA) is 71.1 Å². The monoisotopic (exact) mass is 413 g/mol. The Bertz CT molecular complexity index is 911. The second-order valence-electron chi connectivity index (χ2n) is 7.31. The van der Waals surface area contributed by atoms with E-state index in [2.05, 4.69) is 10.2 Å². The molecule has 8 heteroatoms. The average molecular weight is 413 g/mol. The number of hydrogen-bond donors (Lipinski definition) is 1. The molecule has 0 aliphatic carbocycles. The van der Waals surface area contributed by atoms with Crippen LogP contribution in [0.4, 0.5) is 10.1 Å². The maximum Gasteiger partial charge on any atom is 0.231 e. The number of nitrogens with zero attached hydrogens (tertiary/aromatic N) is 2. The highest BCUT2D eigenvalue weighted by atomic mass is 19.1. The molecule has 0 radical (unpaired) electrons. The molecule has 1 N–H and O–H groups in total. The summed E-state index contributed by atoms with van der Waals surface area (Å²) in [7, 11) is 0. The zero-order valence-corrected chi connectivity index (χ0v) is 16.6. The van der Waals surface area contributed by atoms with E-state index in [-0.39, 0.29) is 37.3 Å². The molecule has 1 saturated heterocycles. The molecule has 0 saturated carbocycles. The van der Waals surface area contributed by atoms with Gasteiger partial charge in [-0.25, -0.2) is 4.39 Å². The van der Waals surface area contributed by atoms with Crippen molar-refractivity contribution in [1.82, 2.24) is 10.2 Å². The second-order valence-corrected chi connectivity index (χ2v) is 7.31. The summed E-state index contributed by atoms with van der Waals surface area (Å²) >= 11 is 0. The standard InChI is InChI=1S/C22H24FN3O4/c23-17-2-4-18(5-3-17)25-9-11-26(12-10-25)22(28)8-7-21(27)24-14-16-1-6-19-20(13-16)30-15-29-19/h1-6,13H,7-12,14-15H2,(H,24,27). The van der Waals surface area contributed by atoms with Crippen LogP contribution in [0.2, 0.25) is 0 Å². The summed E-state index contributed by atoms with van der Waals surface area (Å²) in [5, 5.41) is 2.84. The van der Waals surface area contributed by atoms with Crippen LogP contribution in [0.15, 0.2) is 42.5 Å². The zero-order valence-electron chi connectivity index (χ0n) is 16.6. The van der Waals surface area contributed by atoms with Crippen LogP contribution in [-0.2, 0) is 16.1 Å². The fourth-order valence-electron chi connectivity index (χ4n) is 3.58. The van der Waals surface area contributed by atoms with Crippen LogP contribution in [0, 0.1) is 5.82 Å². The van der Waals surface area contributed by atoms with Gasteiger partial charge in [0.05, 0.1) is 0 Å². The van der Waals surface area contributed by atoms with Gasteiger partial charge in [0.2, 0.25) is 18.6 Å². The van der Waals surface area contributed by atoms with Crippen LogP contribution >= 0.6 is 0 Å². The zero-order chi connectivity index (χ0) is 20.9. The summed E-state index contributed by atoms with van der Waals surface area (Å²) in [5.41, 5.74) is 1.86. The van der Waals surface area contributed by atoms with Crippen molar-refractivity contribution >= 4 is 17.5 Å². The lowest BCUT2D eigenvalue weighted by atomic mass is 10.2. The number of halogens is 1. The van der Waals surface area contributed by atoms with E-state index >= 15 is 0 Å². The van der Waals surface area contributed by atoms with Crippen LogP contribution in [0.25, 0.3) is 0 Å². The first-order valence-corrected chi connectivity index (χ1v) is 10.0. The number of hydrogen-bond acceptors (Lipinski definition) is 5. The molecule has 2 heterocycles. The molecule has 0 unspecified atom stereocenters. The molecule has 158 valence electrons. The predicted octanol–water partition coefficient (Wildman–Crippen LogP) is 2.30. The molecular formula is C22H24FN3O4. The van der Waals surface area contributed by atoms with Crippen molar-refractivity contribution in [1.29, 1.82) is 0 Å². The Kier molecular flexibility index (Phi) is 6.02. The van der Waals surface area contributed by atoms with Gasteiger partial charge in [-0.2, -0.15) is 0 Å². The Morgan fingerprint density at radius 1 is 0.933 bits per heavy atom. The number of anilines is 1. The summed E-state index contributed by atoms with van der Waals surface area (Å²) in [6, 6.07) is 11.9. The number of fused-ring (bicyclic) bond motifs is 1. The van der Waals surface area contributed by atoms with Gasteiger partial charge >= 0.3 is 0 Å². The van der Waals surface area contributed by atoms with E-state index in [1.807, 2.05) is 18.2 Å². The number of carbonyl (C=O) groups is 2. The Hall–Kier alpha value is -3.29. The Balaban J connectivity index is 1.17. The van der Waals surface area contributed by atoms with E-state index in [1.54, 1.807) is 17.0 Å². The number of ether oxygens (including phenoxy) is 2. The Morgan fingerprint density at radius 3 is 2.43 bits per heavy atom. The Labute approximate surface area is 174 Å². The van der Waals surface area contributed by atoms with Gasteiger partial charge in [0.1, 0.15) is 5.82 Å². The average Bonchev–Trinajstić information content (AvgIpc) is 3.24. The molecule has 0 spiro atoms. The highest BCUT2D eigenvalue weighted by Crippen LogP contribution is 2.32. The van der Waals surface area contributed by atoms with E-state index in [0.29, 0.717) is 44.2 Å². The van der Waals surface area contributed by atoms with Crippen molar-refractivity contribution in [3.8, 4) is 11.5 Å². The quantitative estimate of drug-likeness (QED) is 0.787. The van der Waals surface area contributed by atoms with Crippen molar-refractivity contribution in [2.75, 3.05) is 37.9 Å². The smallest absolute Gasteiger partial charge is 0.231 e. The third-order valence-electron chi connectivity index (χ3n) is 5.32. The number of nitrogens with one attached hydrogen (secondary N) is 1. The molecule has 2 amide bonds. The van der Waals surface area contributed by atoms with E-state index in [9.17, 15) is 14.0 Å². The summed E-state index contributed by atoms with van der Waals surface area (Å²) in [5.74, 6) is 0.939. The largest absolute Gasteiger partial charge is 0.454 e.